The summed E-state index contributed by atoms with van der Waals surface area (Å²) in [4.78, 5) is 25.0. The van der Waals surface area contributed by atoms with E-state index in [-0.39, 0.29) is 11.8 Å². The second kappa shape index (κ2) is 6.95. The van der Waals surface area contributed by atoms with Crippen LogP contribution < -0.4 is 10.6 Å². The maximum atomic E-state index is 13.1. The Morgan fingerprint density at radius 2 is 1.79 bits per heavy atom. The number of anilines is 1. The van der Waals surface area contributed by atoms with Crippen LogP contribution in [0.15, 0.2) is 35.7 Å². The van der Waals surface area contributed by atoms with Crippen LogP contribution in [0.1, 0.15) is 41.6 Å². The van der Waals surface area contributed by atoms with Crippen LogP contribution in [-0.2, 0) is 10.2 Å². The maximum Gasteiger partial charge on any atom is 0.254 e. The summed E-state index contributed by atoms with van der Waals surface area (Å²) in [6.07, 6.45) is 3.65. The monoisotopic (exact) mass is 362 g/mol. The first kappa shape index (κ1) is 17.0. The van der Waals surface area contributed by atoms with Crippen molar-refractivity contribution in [3.8, 4) is 0 Å². The summed E-state index contributed by atoms with van der Waals surface area (Å²) in [5, 5.41) is 8.65. The fraction of sp³-hybridized carbons (Fsp3) is 0.333. The molecule has 2 aromatic rings. The van der Waals surface area contributed by atoms with E-state index in [0.29, 0.717) is 15.6 Å². The zero-order valence-electron chi connectivity index (χ0n) is 13.4. The molecule has 4 nitrogen and oxygen atoms in total. The van der Waals surface area contributed by atoms with Crippen molar-refractivity contribution in [1.29, 1.82) is 0 Å². The SMILES string of the molecule is CNC(=O)c1ccsc1NC(=O)C1(c2ccc(Cl)cc2)CCCC1. The number of hydrogen-bond acceptors (Lipinski definition) is 3. The van der Waals surface area contributed by atoms with Gasteiger partial charge in [-0.25, -0.2) is 0 Å². The lowest BCUT2D eigenvalue weighted by molar-refractivity contribution is -0.121. The molecule has 0 unspecified atom stereocenters. The molecule has 6 heteroatoms. The third-order valence-electron chi connectivity index (χ3n) is 4.65. The Labute approximate surface area is 150 Å². The highest BCUT2D eigenvalue weighted by molar-refractivity contribution is 7.14. The van der Waals surface area contributed by atoms with Gasteiger partial charge in [-0.3, -0.25) is 9.59 Å². The molecule has 2 N–H and O–H groups in total. The molecule has 0 bridgehead atoms. The molecule has 1 fully saturated rings. The minimum atomic E-state index is -0.547. The molecule has 3 rings (SSSR count). The highest BCUT2D eigenvalue weighted by Gasteiger charge is 2.43. The summed E-state index contributed by atoms with van der Waals surface area (Å²) in [5.74, 6) is -0.242. The minimum Gasteiger partial charge on any atom is -0.355 e. The van der Waals surface area contributed by atoms with Crippen LogP contribution in [-0.4, -0.2) is 18.9 Å². The van der Waals surface area contributed by atoms with Crippen LogP contribution >= 0.6 is 22.9 Å². The van der Waals surface area contributed by atoms with Crippen LogP contribution in [0.3, 0.4) is 0 Å². The number of halogens is 1. The lowest BCUT2D eigenvalue weighted by atomic mass is 9.78. The summed E-state index contributed by atoms with van der Waals surface area (Å²) < 4.78 is 0. The zero-order chi connectivity index (χ0) is 17.2. The summed E-state index contributed by atoms with van der Waals surface area (Å²) >= 11 is 7.35. The molecular weight excluding hydrogens is 344 g/mol. The molecule has 126 valence electrons. The van der Waals surface area contributed by atoms with Gasteiger partial charge in [0, 0.05) is 12.1 Å². The summed E-state index contributed by atoms with van der Waals surface area (Å²) in [7, 11) is 1.58. The average Bonchev–Trinajstić information content (AvgIpc) is 3.25. The molecule has 1 saturated carbocycles. The van der Waals surface area contributed by atoms with Gasteiger partial charge in [0.25, 0.3) is 5.91 Å². The molecule has 1 aromatic carbocycles. The number of rotatable bonds is 4. The molecular formula is C18H19ClN2O2S. The smallest absolute Gasteiger partial charge is 0.254 e. The Hall–Kier alpha value is -1.85. The van der Waals surface area contributed by atoms with Crippen LogP contribution in [0, 0.1) is 0 Å². The number of amides is 2. The Morgan fingerprint density at radius 3 is 2.42 bits per heavy atom. The lowest BCUT2D eigenvalue weighted by Crippen LogP contribution is -2.38. The first-order valence-corrected chi connectivity index (χ1v) is 9.20. The first-order valence-electron chi connectivity index (χ1n) is 7.94. The molecule has 0 atom stereocenters. The van der Waals surface area contributed by atoms with E-state index in [1.54, 1.807) is 13.1 Å². The van der Waals surface area contributed by atoms with E-state index >= 15 is 0 Å². The molecule has 0 saturated heterocycles. The van der Waals surface area contributed by atoms with Gasteiger partial charge in [0.05, 0.1) is 11.0 Å². The molecule has 24 heavy (non-hydrogen) atoms. The number of carbonyl (C=O) groups excluding carboxylic acids is 2. The van der Waals surface area contributed by atoms with E-state index in [0.717, 1.165) is 31.2 Å². The van der Waals surface area contributed by atoms with Crippen molar-refractivity contribution < 1.29 is 9.59 Å². The van der Waals surface area contributed by atoms with Crippen molar-refractivity contribution in [1.82, 2.24) is 5.32 Å². The summed E-state index contributed by atoms with van der Waals surface area (Å²) in [5.41, 5.74) is 0.939. The molecule has 0 aliphatic heterocycles. The van der Waals surface area contributed by atoms with Crippen molar-refractivity contribution in [2.45, 2.75) is 31.1 Å². The molecule has 2 amide bonds. The van der Waals surface area contributed by atoms with E-state index in [9.17, 15) is 9.59 Å². The van der Waals surface area contributed by atoms with E-state index < -0.39 is 5.41 Å². The molecule has 1 heterocycles. The summed E-state index contributed by atoms with van der Waals surface area (Å²) in [6.45, 7) is 0. The third kappa shape index (κ3) is 3.06. The second-order valence-corrected chi connectivity index (χ2v) is 7.35. The van der Waals surface area contributed by atoms with Gasteiger partial charge in [0.15, 0.2) is 0 Å². The molecule has 0 radical (unpaired) electrons. The van der Waals surface area contributed by atoms with Crippen molar-refractivity contribution in [2.24, 2.45) is 0 Å². The standard InChI is InChI=1S/C18H19ClN2O2S/c1-20-15(22)14-8-11-24-16(14)21-17(23)18(9-2-3-10-18)12-4-6-13(19)7-5-12/h4-8,11H,2-3,9-10H2,1H3,(H,20,22)(H,21,23). The highest BCUT2D eigenvalue weighted by Crippen LogP contribution is 2.42. The van der Waals surface area contributed by atoms with Crippen molar-refractivity contribution in [3.05, 3.63) is 51.9 Å². The molecule has 1 aliphatic rings. The van der Waals surface area contributed by atoms with E-state index in [4.69, 9.17) is 11.6 Å². The number of benzene rings is 1. The van der Waals surface area contributed by atoms with E-state index in [2.05, 4.69) is 10.6 Å². The average molecular weight is 363 g/mol. The number of hydrogen-bond donors (Lipinski definition) is 2. The van der Waals surface area contributed by atoms with Gasteiger partial charge in [-0.1, -0.05) is 36.6 Å². The number of thiophene rings is 1. The van der Waals surface area contributed by atoms with Gasteiger partial charge in [-0.05, 0) is 42.0 Å². The Balaban J connectivity index is 1.90. The van der Waals surface area contributed by atoms with Gasteiger partial charge in [0.2, 0.25) is 5.91 Å². The normalized spacial score (nSPS) is 15.9. The van der Waals surface area contributed by atoms with Gasteiger partial charge in [-0.15, -0.1) is 11.3 Å². The lowest BCUT2D eigenvalue weighted by Gasteiger charge is -2.28. The molecule has 0 spiro atoms. The van der Waals surface area contributed by atoms with Crippen LogP contribution in [0.25, 0.3) is 0 Å². The maximum absolute atomic E-state index is 13.1. The van der Waals surface area contributed by atoms with E-state index in [1.165, 1.54) is 11.3 Å². The topological polar surface area (TPSA) is 58.2 Å². The fourth-order valence-corrected chi connectivity index (χ4v) is 4.24. The van der Waals surface area contributed by atoms with Gasteiger partial charge < -0.3 is 10.6 Å². The predicted octanol–water partition coefficient (Wildman–Crippen LogP) is 4.21. The van der Waals surface area contributed by atoms with Crippen molar-refractivity contribution >= 4 is 39.8 Å². The van der Waals surface area contributed by atoms with Gasteiger partial charge in [0.1, 0.15) is 5.00 Å². The van der Waals surface area contributed by atoms with E-state index in [1.807, 2.05) is 29.6 Å². The molecule has 1 aliphatic carbocycles. The summed E-state index contributed by atoms with van der Waals surface area (Å²) in [6, 6.07) is 9.24. The quantitative estimate of drug-likeness (QED) is 0.855. The highest BCUT2D eigenvalue weighted by atomic mass is 35.5. The van der Waals surface area contributed by atoms with Crippen LogP contribution in [0.2, 0.25) is 5.02 Å². The Bertz CT molecular complexity index is 749. The minimum absolute atomic E-state index is 0.0464. The fourth-order valence-electron chi connectivity index (χ4n) is 3.34. The van der Waals surface area contributed by atoms with Gasteiger partial charge >= 0.3 is 0 Å². The largest absolute Gasteiger partial charge is 0.355 e. The Morgan fingerprint density at radius 1 is 1.12 bits per heavy atom. The molecule has 1 aromatic heterocycles. The second-order valence-electron chi connectivity index (χ2n) is 5.99. The predicted molar refractivity (Wildman–Crippen MR) is 97.9 cm³/mol. The van der Waals surface area contributed by atoms with Crippen molar-refractivity contribution in [2.75, 3.05) is 12.4 Å². The number of nitrogens with one attached hydrogen (secondary N) is 2. The van der Waals surface area contributed by atoms with Crippen LogP contribution in [0.5, 0.6) is 0 Å². The van der Waals surface area contributed by atoms with Gasteiger partial charge in [-0.2, -0.15) is 0 Å². The Kier molecular flexibility index (Phi) is 4.92. The first-order chi connectivity index (χ1) is 11.6. The zero-order valence-corrected chi connectivity index (χ0v) is 15.0. The van der Waals surface area contributed by atoms with Crippen LogP contribution in [0.4, 0.5) is 5.00 Å². The number of carbonyl (C=O) groups is 2. The third-order valence-corrected chi connectivity index (χ3v) is 5.73. The van der Waals surface area contributed by atoms with Crippen molar-refractivity contribution in [3.63, 3.8) is 0 Å².